The van der Waals surface area contributed by atoms with E-state index in [1.165, 1.54) is 41.9 Å². The van der Waals surface area contributed by atoms with Crippen LogP contribution < -0.4 is 5.32 Å². The molecule has 2 rings (SSSR count). The van der Waals surface area contributed by atoms with Crippen LogP contribution >= 0.6 is 11.8 Å². The summed E-state index contributed by atoms with van der Waals surface area (Å²) in [4.78, 5) is 1.39. The van der Waals surface area contributed by atoms with Crippen LogP contribution in [-0.4, -0.2) is 24.5 Å². The van der Waals surface area contributed by atoms with E-state index in [2.05, 4.69) is 43.4 Å². The van der Waals surface area contributed by atoms with Gasteiger partial charge in [0.25, 0.3) is 0 Å². The van der Waals surface area contributed by atoms with Gasteiger partial charge in [0.2, 0.25) is 0 Å². The maximum absolute atomic E-state index is 5.66. The average Bonchev–Trinajstić information content (AvgIpc) is 2.95. The van der Waals surface area contributed by atoms with E-state index in [1.54, 1.807) is 0 Å². The van der Waals surface area contributed by atoms with E-state index in [1.807, 2.05) is 11.8 Å². The van der Waals surface area contributed by atoms with Gasteiger partial charge in [0, 0.05) is 24.1 Å². The molecule has 1 unspecified atom stereocenters. The summed E-state index contributed by atoms with van der Waals surface area (Å²) in [5.41, 5.74) is 1.38. The first-order chi connectivity index (χ1) is 9.74. The molecule has 1 atom stereocenters. The fraction of sp³-hybridized carbons (Fsp3) is 0.647. The fourth-order valence-corrected chi connectivity index (χ4v) is 3.40. The first-order valence-corrected chi connectivity index (χ1v) is 8.79. The number of rotatable bonds is 8. The number of nitrogens with one attached hydrogen (secondary N) is 1. The molecule has 1 aromatic rings. The Bertz CT molecular complexity index is 388. The minimum atomic E-state index is 0.539. The van der Waals surface area contributed by atoms with Crippen molar-refractivity contribution in [2.75, 3.05) is 12.4 Å². The maximum Gasteiger partial charge on any atom is 0.0576 e. The molecule has 1 aliphatic heterocycles. The summed E-state index contributed by atoms with van der Waals surface area (Å²) in [6.45, 7) is 6.30. The zero-order chi connectivity index (χ0) is 14.2. The van der Waals surface area contributed by atoms with Crippen molar-refractivity contribution >= 4 is 11.8 Å². The van der Waals surface area contributed by atoms with Gasteiger partial charge in [-0.25, -0.2) is 0 Å². The highest BCUT2D eigenvalue weighted by molar-refractivity contribution is 7.99. The zero-order valence-corrected chi connectivity index (χ0v) is 13.5. The van der Waals surface area contributed by atoms with Gasteiger partial charge in [0.1, 0.15) is 0 Å². The van der Waals surface area contributed by atoms with E-state index in [0.29, 0.717) is 12.1 Å². The molecule has 1 N–H and O–H groups in total. The molecule has 0 aliphatic carbocycles. The predicted octanol–water partition coefficient (Wildman–Crippen LogP) is 4.24. The molecule has 0 bridgehead atoms. The molecule has 0 aromatic heterocycles. The second kappa shape index (κ2) is 8.71. The summed E-state index contributed by atoms with van der Waals surface area (Å²) >= 11 is 1.97. The lowest BCUT2D eigenvalue weighted by Crippen LogP contribution is -2.21. The molecular formula is C17H27NOS. The number of thioether (sulfide) groups is 1. The lowest BCUT2D eigenvalue weighted by molar-refractivity contribution is 0.104. The highest BCUT2D eigenvalue weighted by atomic mass is 32.2. The van der Waals surface area contributed by atoms with Gasteiger partial charge < -0.3 is 10.1 Å². The van der Waals surface area contributed by atoms with Crippen molar-refractivity contribution in [2.45, 2.75) is 63.1 Å². The van der Waals surface area contributed by atoms with E-state index in [-0.39, 0.29) is 0 Å². The number of ether oxygens (including phenoxy) is 1. The summed E-state index contributed by atoms with van der Waals surface area (Å²) in [6.07, 6.45) is 5.53. The highest BCUT2D eigenvalue weighted by Crippen LogP contribution is 2.23. The van der Waals surface area contributed by atoms with Crippen molar-refractivity contribution in [3.05, 3.63) is 29.8 Å². The summed E-state index contributed by atoms with van der Waals surface area (Å²) in [5, 5.41) is 3.47. The third kappa shape index (κ3) is 5.86. The molecule has 3 heteroatoms. The van der Waals surface area contributed by atoms with Crippen molar-refractivity contribution in [1.82, 2.24) is 5.32 Å². The Kier molecular flexibility index (Phi) is 6.91. The van der Waals surface area contributed by atoms with Crippen LogP contribution in [-0.2, 0) is 11.3 Å². The molecule has 0 spiro atoms. The Morgan fingerprint density at radius 3 is 3.05 bits per heavy atom. The highest BCUT2D eigenvalue weighted by Gasteiger charge is 2.14. The molecule has 1 saturated heterocycles. The maximum atomic E-state index is 5.66. The van der Waals surface area contributed by atoms with Gasteiger partial charge in [0.15, 0.2) is 0 Å². The van der Waals surface area contributed by atoms with E-state index in [0.717, 1.165) is 13.2 Å². The van der Waals surface area contributed by atoms with Crippen molar-refractivity contribution < 1.29 is 4.74 Å². The topological polar surface area (TPSA) is 21.3 Å². The summed E-state index contributed by atoms with van der Waals surface area (Å²) in [6, 6.07) is 9.44. The van der Waals surface area contributed by atoms with Gasteiger partial charge >= 0.3 is 0 Å². The van der Waals surface area contributed by atoms with Gasteiger partial charge in [-0.05, 0) is 49.1 Å². The van der Waals surface area contributed by atoms with E-state index >= 15 is 0 Å². The van der Waals surface area contributed by atoms with Gasteiger partial charge in [-0.15, -0.1) is 11.8 Å². The molecule has 0 radical (unpaired) electrons. The summed E-state index contributed by atoms with van der Waals surface area (Å²) in [5.74, 6) is 1.20. The Morgan fingerprint density at radius 2 is 2.30 bits per heavy atom. The Labute approximate surface area is 127 Å². The van der Waals surface area contributed by atoms with Crippen LogP contribution in [0.5, 0.6) is 0 Å². The third-order valence-electron chi connectivity index (χ3n) is 3.58. The molecular weight excluding hydrogens is 266 g/mol. The predicted molar refractivity (Wildman–Crippen MR) is 87.3 cm³/mol. The van der Waals surface area contributed by atoms with Gasteiger partial charge in [0.05, 0.1) is 6.10 Å². The average molecular weight is 293 g/mol. The second-order valence-corrected chi connectivity index (χ2v) is 6.98. The van der Waals surface area contributed by atoms with Crippen LogP contribution in [0.3, 0.4) is 0 Å². The van der Waals surface area contributed by atoms with Gasteiger partial charge in [-0.1, -0.05) is 26.0 Å². The molecule has 0 saturated carbocycles. The molecule has 0 amide bonds. The molecule has 1 aliphatic rings. The van der Waals surface area contributed by atoms with Crippen LogP contribution in [0.25, 0.3) is 0 Å². The van der Waals surface area contributed by atoms with E-state index in [9.17, 15) is 0 Å². The van der Waals surface area contributed by atoms with Crippen LogP contribution in [0, 0.1) is 0 Å². The SMILES string of the molecule is CC(C)NCc1cccc(SCCCC2CCCO2)c1. The smallest absolute Gasteiger partial charge is 0.0576 e. The quantitative estimate of drug-likeness (QED) is 0.572. The third-order valence-corrected chi connectivity index (χ3v) is 4.66. The zero-order valence-electron chi connectivity index (χ0n) is 12.7. The van der Waals surface area contributed by atoms with Gasteiger partial charge in [-0.3, -0.25) is 0 Å². The molecule has 1 aromatic carbocycles. The largest absolute Gasteiger partial charge is 0.378 e. The summed E-state index contributed by atoms with van der Waals surface area (Å²) < 4.78 is 5.66. The number of hydrogen-bond acceptors (Lipinski definition) is 3. The standard InChI is InChI=1S/C17H27NOS/c1-14(2)18-13-15-6-3-9-17(12-15)20-11-5-8-16-7-4-10-19-16/h3,6,9,12,14,16,18H,4-5,7-8,10-11,13H2,1-2H3. The molecule has 20 heavy (non-hydrogen) atoms. The Morgan fingerprint density at radius 1 is 1.40 bits per heavy atom. The molecule has 1 fully saturated rings. The van der Waals surface area contributed by atoms with Crippen LogP contribution in [0.15, 0.2) is 29.2 Å². The first-order valence-electron chi connectivity index (χ1n) is 7.81. The van der Waals surface area contributed by atoms with Gasteiger partial charge in [-0.2, -0.15) is 0 Å². The molecule has 112 valence electrons. The van der Waals surface area contributed by atoms with Crippen LogP contribution in [0.4, 0.5) is 0 Å². The van der Waals surface area contributed by atoms with Crippen molar-refractivity contribution in [3.63, 3.8) is 0 Å². The Hall–Kier alpha value is -0.510. The fourth-order valence-electron chi connectivity index (χ4n) is 2.44. The monoisotopic (exact) mass is 293 g/mol. The normalized spacial score (nSPS) is 18.9. The number of hydrogen-bond donors (Lipinski definition) is 1. The minimum absolute atomic E-state index is 0.539. The minimum Gasteiger partial charge on any atom is -0.378 e. The first kappa shape index (κ1) is 15.9. The molecule has 1 heterocycles. The van der Waals surface area contributed by atoms with Crippen LogP contribution in [0.2, 0.25) is 0 Å². The van der Waals surface area contributed by atoms with Crippen molar-refractivity contribution in [3.8, 4) is 0 Å². The van der Waals surface area contributed by atoms with E-state index in [4.69, 9.17) is 4.74 Å². The Balaban J connectivity index is 1.67. The lowest BCUT2D eigenvalue weighted by atomic mass is 10.1. The lowest BCUT2D eigenvalue weighted by Gasteiger charge is -2.10. The van der Waals surface area contributed by atoms with Crippen LogP contribution in [0.1, 0.15) is 45.1 Å². The molecule has 2 nitrogen and oxygen atoms in total. The number of benzene rings is 1. The van der Waals surface area contributed by atoms with Crippen molar-refractivity contribution in [2.24, 2.45) is 0 Å². The van der Waals surface area contributed by atoms with Crippen molar-refractivity contribution in [1.29, 1.82) is 0 Å². The van der Waals surface area contributed by atoms with E-state index < -0.39 is 0 Å². The summed E-state index contributed by atoms with van der Waals surface area (Å²) in [7, 11) is 0. The second-order valence-electron chi connectivity index (χ2n) is 5.81.